The topological polar surface area (TPSA) is 60.5 Å². The van der Waals surface area contributed by atoms with E-state index in [1.54, 1.807) is 0 Å². The average Bonchev–Trinajstić information content (AvgIpc) is 3.12. The number of ether oxygens (including phenoxy) is 1. The van der Waals surface area contributed by atoms with Crippen LogP contribution in [0.25, 0.3) is 21.9 Å². The van der Waals surface area contributed by atoms with Gasteiger partial charge in [0.25, 0.3) is 0 Å². The van der Waals surface area contributed by atoms with E-state index >= 15 is 0 Å². The monoisotopic (exact) mass is 385 g/mol. The standard InChI is InChI=1S/C19H23N3O3.C3H8/c1-2-16-15-5-4-14-6-9-22(17(14)18(15)25-19(23)20-16)8-3-7-21-10-12-24-13-11-21;1-3-2/h4-6,9H,2-3,7-8,10-13H2,1H3;3H2,1-2H3. The maximum Gasteiger partial charge on any atom is 0.439 e. The van der Waals surface area contributed by atoms with Gasteiger partial charge in [0.1, 0.15) is 0 Å². The molecule has 1 aliphatic rings. The highest BCUT2D eigenvalue weighted by atomic mass is 16.5. The van der Waals surface area contributed by atoms with E-state index in [1.165, 1.54) is 6.42 Å². The Bertz CT molecular complexity index is 955. The largest absolute Gasteiger partial charge is 0.439 e. The molecule has 0 amide bonds. The molecule has 1 saturated heterocycles. The van der Waals surface area contributed by atoms with Crippen molar-refractivity contribution in [3.63, 3.8) is 0 Å². The van der Waals surface area contributed by atoms with Gasteiger partial charge in [-0.05, 0) is 25.0 Å². The summed E-state index contributed by atoms with van der Waals surface area (Å²) in [7, 11) is 0. The summed E-state index contributed by atoms with van der Waals surface area (Å²) in [6.45, 7) is 11.9. The van der Waals surface area contributed by atoms with Gasteiger partial charge in [0.2, 0.25) is 0 Å². The van der Waals surface area contributed by atoms with E-state index in [9.17, 15) is 4.79 Å². The van der Waals surface area contributed by atoms with Gasteiger partial charge in [-0.1, -0.05) is 33.3 Å². The quantitative estimate of drug-likeness (QED) is 0.668. The summed E-state index contributed by atoms with van der Waals surface area (Å²) in [6, 6.07) is 6.16. The molecule has 6 nitrogen and oxygen atoms in total. The second kappa shape index (κ2) is 9.85. The Balaban J connectivity index is 0.000000706. The highest BCUT2D eigenvalue weighted by Gasteiger charge is 2.14. The molecule has 4 rings (SSSR count). The van der Waals surface area contributed by atoms with Crippen LogP contribution in [0.1, 0.15) is 39.3 Å². The smallest absolute Gasteiger partial charge is 0.406 e. The maximum absolute atomic E-state index is 11.9. The molecule has 3 aromatic rings. The number of hydrogen-bond donors (Lipinski definition) is 0. The Hall–Kier alpha value is -2.18. The lowest BCUT2D eigenvalue weighted by molar-refractivity contribution is 0.0370. The Kier molecular flexibility index (Phi) is 7.23. The van der Waals surface area contributed by atoms with Crippen molar-refractivity contribution in [2.45, 2.75) is 46.6 Å². The minimum absolute atomic E-state index is 0.516. The second-order valence-electron chi connectivity index (χ2n) is 7.18. The van der Waals surface area contributed by atoms with Crippen molar-refractivity contribution in [2.24, 2.45) is 0 Å². The molecular weight excluding hydrogens is 354 g/mol. The molecule has 0 N–H and O–H groups in total. The second-order valence-corrected chi connectivity index (χ2v) is 7.18. The third-order valence-corrected chi connectivity index (χ3v) is 4.92. The third-order valence-electron chi connectivity index (χ3n) is 4.92. The highest BCUT2D eigenvalue weighted by Crippen LogP contribution is 2.27. The van der Waals surface area contributed by atoms with E-state index in [0.29, 0.717) is 12.0 Å². The lowest BCUT2D eigenvalue weighted by Gasteiger charge is -2.26. The molecule has 1 aromatic carbocycles. The number of rotatable bonds is 5. The van der Waals surface area contributed by atoms with Crippen molar-refractivity contribution in [3.05, 3.63) is 40.6 Å². The molecule has 28 heavy (non-hydrogen) atoms. The Morgan fingerprint density at radius 3 is 2.54 bits per heavy atom. The fourth-order valence-electron chi connectivity index (χ4n) is 3.62. The Morgan fingerprint density at radius 2 is 1.82 bits per heavy atom. The van der Waals surface area contributed by atoms with Gasteiger partial charge in [0, 0.05) is 43.1 Å². The van der Waals surface area contributed by atoms with Crippen molar-refractivity contribution in [2.75, 3.05) is 32.8 Å². The van der Waals surface area contributed by atoms with Gasteiger partial charge >= 0.3 is 5.76 Å². The number of benzene rings is 1. The van der Waals surface area contributed by atoms with Crippen molar-refractivity contribution in [1.82, 2.24) is 14.5 Å². The number of aromatic nitrogens is 2. The predicted molar refractivity (Wildman–Crippen MR) is 113 cm³/mol. The summed E-state index contributed by atoms with van der Waals surface area (Å²) in [5.41, 5.74) is 2.45. The van der Waals surface area contributed by atoms with Crippen LogP contribution in [-0.2, 0) is 17.7 Å². The molecule has 3 heterocycles. The molecule has 0 aliphatic carbocycles. The molecule has 0 spiro atoms. The summed E-state index contributed by atoms with van der Waals surface area (Å²) in [4.78, 5) is 18.3. The van der Waals surface area contributed by atoms with Crippen molar-refractivity contribution < 1.29 is 9.15 Å². The number of aryl methyl sites for hydroxylation is 2. The zero-order valence-electron chi connectivity index (χ0n) is 17.2. The molecule has 152 valence electrons. The molecule has 0 unspecified atom stereocenters. The van der Waals surface area contributed by atoms with Crippen LogP contribution in [-0.4, -0.2) is 47.3 Å². The number of morpholine rings is 1. The molecule has 0 bridgehead atoms. The van der Waals surface area contributed by atoms with Crippen LogP contribution in [0.2, 0.25) is 0 Å². The van der Waals surface area contributed by atoms with E-state index in [-0.39, 0.29) is 0 Å². The number of fused-ring (bicyclic) bond motifs is 3. The highest BCUT2D eigenvalue weighted by molar-refractivity contribution is 6.03. The summed E-state index contributed by atoms with van der Waals surface area (Å²) in [5.74, 6) is -0.516. The molecule has 1 fully saturated rings. The fraction of sp³-hybridized carbons (Fsp3) is 0.545. The molecule has 0 radical (unpaired) electrons. The molecule has 6 heteroatoms. The van der Waals surface area contributed by atoms with Gasteiger partial charge in [-0.25, -0.2) is 4.79 Å². The van der Waals surface area contributed by atoms with Crippen molar-refractivity contribution in [3.8, 4) is 0 Å². The van der Waals surface area contributed by atoms with Gasteiger partial charge in [0.15, 0.2) is 5.58 Å². The van der Waals surface area contributed by atoms with E-state index in [2.05, 4.69) is 46.6 Å². The van der Waals surface area contributed by atoms with Crippen LogP contribution in [0.3, 0.4) is 0 Å². The minimum atomic E-state index is -0.516. The van der Waals surface area contributed by atoms with E-state index < -0.39 is 5.76 Å². The molecule has 1 aliphatic heterocycles. The zero-order chi connectivity index (χ0) is 19.9. The number of hydrogen-bond acceptors (Lipinski definition) is 5. The first-order valence-corrected chi connectivity index (χ1v) is 10.4. The fourth-order valence-corrected chi connectivity index (χ4v) is 3.62. The van der Waals surface area contributed by atoms with Gasteiger partial charge in [-0.15, -0.1) is 0 Å². The van der Waals surface area contributed by atoms with Crippen LogP contribution in [0.5, 0.6) is 0 Å². The van der Waals surface area contributed by atoms with Crippen LogP contribution >= 0.6 is 0 Å². The lowest BCUT2D eigenvalue weighted by atomic mass is 10.1. The molecule has 0 saturated carbocycles. The predicted octanol–water partition coefficient (Wildman–Crippen LogP) is 3.84. The van der Waals surface area contributed by atoms with Crippen LogP contribution in [0.15, 0.2) is 33.6 Å². The van der Waals surface area contributed by atoms with E-state index in [4.69, 9.17) is 9.15 Å². The van der Waals surface area contributed by atoms with Gasteiger partial charge < -0.3 is 13.7 Å². The van der Waals surface area contributed by atoms with Crippen molar-refractivity contribution >= 4 is 21.9 Å². The van der Waals surface area contributed by atoms with Gasteiger partial charge in [-0.2, -0.15) is 4.98 Å². The average molecular weight is 386 g/mol. The Labute approximate surface area is 166 Å². The van der Waals surface area contributed by atoms with Crippen LogP contribution < -0.4 is 5.76 Å². The summed E-state index contributed by atoms with van der Waals surface area (Å²) >= 11 is 0. The SMILES string of the molecule is CCC.CCc1nc(=O)oc2c1ccc1ccn(CCCN3CCOCC3)c12. The van der Waals surface area contributed by atoms with E-state index in [0.717, 1.165) is 67.8 Å². The minimum Gasteiger partial charge on any atom is -0.406 e. The summed E-state index contributed by atoms with van der Waals surface area (Å²) in [5, 5.41) is 2.03. The first kappa shape index (κ1) is 20.6. The molecule has 2 aromatic heterocycles. The number of nitrogens with zero attached hydrogens (tertiary/aromatic N) is 3. The first-order chi connectivity index (χ1) is 13.7. The Morgan fingerprint density at radius 1 is 1.07 bits per heavy atom. The zero-order valence-corrected chi connectivity index (χ0v) is 17.2. The van der Waals surface area contributed by atoms with Crippen LogP contribution in [0.4, 0.5) is 0 Å². The molecule has 0 atom stereocenters. The maximum atomic E-state index is 11.9. The molecular formula is C22H31N3O3. The normalized spacial score (nSPS) is 15.0. The van der Waals surface area contributed by atoms with Crippen molar-refractivity contribution in [1.29, 1.82) is 0 Å². The van der Waals surface area contributed by atoms with Gasteiger partial charge in [-0.3, -0.25) is 4.90 Å². The van der Waals surface area contributed by atoms with Gasteiger partial charge in [0.05, 0.1) is 24.4 Å². The lowest BCUT2D eigenvalue weighted by Crippen LogP contribution is -2.37. The van der Waals surface area contributed by atoms with Crippen LogP contribution in [0, 0.1) is 0 Å². The summed E-state index contributed by atoms with van der Waals surface area (Å²) in [6.07, 6.45) is 5.09. The first-order valence-electron chi connectivity index (χ1n) is 10.4. The van der Waals surface area contributed by atoms with E-state index in [1.807, 2.05) is 13.0 Å². The third kappa shape index (κ3) is 4.62. The summed E-state index contributed by atoms with van der Waals surface area (Å²) < 4.78 is 13.1.